The van der Waals surface area contributed by atoms with Crippen molar-refractivity contribution in [1.29, 1.82) is 5.26 Å². The Morgan fingerprint density at radius 3 is 2.07 bits per heavy atom. The predicted octanol–water partition coefficient (Wildman–Crippen LogP) is 4.76. The second-order valence-corrected chi connectivity index (χ2v) is 3.78. The molecule has 0 fully saturated rings. The normalized spacial score (nSPS) is 11.2. The highest BCUT2D eigenvalue weighted by atomic mass is 14.2. The molecule has 84 valence electrons. The molecule has 0 aromatic rings. The summed E-state index contributed by atoms with van der Waals surface area (Å²) in [4.78, 5) is 0. The van der Waals surface area contributed by atoms with Crippen LogP contribution in [0.2, 0.25) is 0 Å². The van der Waals surface area contributed by atoms with E-state index in [1.807, 2.05) is 12.1 Å². The first kappa shape index (κ1) is 14.0. The second kappa shape index (κ2) is 13.0. The predicted molar refractivity (Wildman–Crippen MR) is 66.5 cm³/mol. The topological polar surface area (TPSA) is 23.8 Å². The summed E-state index contributed by atoms with van der Waals surface area (Å²) >= 11 is 0. The maximum atomic E-state index is 8.26. The Morgan fingerprint density at radius 1 is 0.867 bits per heavy atom. The molecule has 1 nitrogen and oxygen atoms in total. The molecule has 0 unspecified atom stereocenters. The summed E-state index contributed by atoms with van der Waals surface area (Å²) in [5.74, 6) is 0. The molecule has 0 rings (SSSR count). The average Bonchev–Trinajstić information content (AvgIpc) is 2.26. The van der Waals surface area contributed by atoms with Crippen molar-refractivity contribution in [2.24, 2.45) is 0 Å². The standard InChI is InChI=1S/C14H23N/c1-2-3-4-5-6-7-8-9-10-11-12-13-14-15/h5-6,12-13H,2-4,7-11H2,1H3/b6-5+,13-12+. The van der Waals surface area contributed by atoms with Crippen LogP contribution < -0.4 is 0 Å². The van der Waals surface area contributed by atoms with E-state index in [9.17, 15) is 0 Å². The fraction of sp³-hybridized carbons (Fsp3) is 0.643. The summed E-state index contributed by atoms with van der Waals surface area (Å²) in [6.07, 6.45) is 18.0. The molecule has 0 aliphatic heterocycles. The molecule has 0 N–H and O–H groups in total. The van der Waals surface area contributed by atoms with E-state index in [1.165, 1.54) is 44.9 Å². The smallest absolute Gasteiger partial charge is 0.0908 e. The molecule has 0 atom stereocenters. The molecule has 0 spiro atoms. The largest absolute Gasteiger partial charge is 0.193 e. The van der Waals surface area contributed by atoms with E-state index in [-0.39, 0.29) is 0 Å². The van der Waals surface area contributed by atoms with Gasteiger partial charge in [0, 0.05) is 6.08 Å². The lowest BCUT2D eigenvalue weighted by atomic mass is 10.1. The first-order valence-corrected chi connectivity index (χ1v) is 6.11. The van der Waals surface area contributed by atoms with Crippen LogP contribution in [0.5, 0.6) is 0 Å². The molecule has 0 aromatic heterocycles. The van der Waals surface area contributed by atoms with E-state index in [4.69, 9.17) is 5.26 Å². The van der Waals surface area contributed by atoms with Gasteiger partial charge in [-0.1, -0.05) is 44.4 Å². The van der Waals surface area contributed by atoms with E-state index in [0.717, 1.165) is 6.42 Å². The second-order valence-electron chi connectivity index (χ2n) is 3.78. The van der Waals surface area contributed by atoms with Gasteiger partial charge in [-0.2, -0.15) is 5.26 Å². The summed E-state index contributed by atoms with van der Waals surface area (Å²) < 4.78 is 0. The maximum absolute atomic E-state index is 8.26. The number of nitriles is 1. The summed E-state index contributed by atoms with van der Waals surface area (Å²) in [7, 11) is 0. The van der Waals surface area contributed by atoms with Crippen LogP contribution >= 0.6 is 0 Å². The Hall–Kier alpha value is -1.03. The lowest BCUT2D eigenvalue weighted by Crippen LogP contribution is -1.75. The summed E-state index contributed by atoms with van der Waals surface area (Å²) in [6.45, 7) is 2.22. The molecule has 0 heterocycles. The van der Waals surface area contributed by atoms with E-state index < -0.39 is 0 Å². The van der Waals surface area contributed by atoms with Gasteiger partial charge in [0.15, 0.2) is 0 Å². The quantitative estimate of drug-likeness (QED) is 0.302. The third-order valence-corrected chi connectivity index (χ3v) is 2.32. The molecule has 0 amide bonds. The minimum Gasteiger partial charge on any atom is -0.193 e. The van der Waals surface area contributed by atoms with Crippen LogP contribution in [0.1, 0.15) is 58.3 Å². The third-order valence-electron chi connectivity index (χ3n) is 2.32. The molecule has 0 aromatic carbocycles. The molecule has 0 aliphatic carbocycles. The lowest BCUT2D eigenvalue weighted by molar-refractivity contribution is 0.694. The van der Waals surface area contributed by atoms with Gasteiger partial charge in [0.1, 0.15) is 0 Å². The Bertz CT molecular complexity index is 208. The van der Waals surface area contributed by atoms with Crippen LogP contribution in [0.25, 0.3) is 0 Å². The van der Waals surface area contributed by atoms with Crippen LogP contribution in [-0.4, -0.2) is 0 Å². The SMILES string of the molecule is CCCC/C=C/CCCCC/C=C/C#N. The van der Waals surface area contributed by atoms with Gasteiger partial charge in [0.25, 0.3) is 0 Å². The number of unbranched alkanes of at least 4 members (excludes halogenated alkanes) is 6. The van der Waals surface area contributed by atoms with Gasteiger partial charge < -0.3 is 0 Å². The van der Waals surface area contributed by atoms with Crippen molar-refractivity contribution in [3.8, 4) is 6.07 Å². The van der Waals surface area contributed by atoms with Gasteiger partial charge >= 0.3 is 0 Å². The van der Waals surface area contributed by atoms with Crippen LogP contribution in [0.15, 0.2) is 24.3 Å². The van der Waals surface area contributed by atoms with Crippen molar-refractivity contribution in [1.82, 2.24) is 0 Å². The minimum absolute atomic E-state index is 1.05. The first-order chi connectivity index (χ1) is 7.41. The van der Waals surface area contributed by atoms with Crippen molar-refractivity contribution >= 4 is 0 Å². The van der Waals surface area contributed by atoms with Gasteiger partial charge in [-0.15, -0.1) is 0 Å². The monoisotopic (exact) mass is 205 g/mol. The molecule has 0 bridgehead atoms. The number of allylic oxidation sites excluding steroid dienone is 4. The van der Waals surface area contributed by atoms with Crippen LogP contribution in [0.3, 0.4) is 0 Å². The van der Waals surface area contributed by atoms with Gasteiger partial charge in [-0.3, -0.25) is 0 Å². The van der Waals surface area contributed by atoms with Crippen molar-refractivity contribution < 1.29 is 0 Å². The minimum atomic E-state index is 1.05. The average molecular weight is 205 g/mol. The van der Waals surface area contributed by atoms with E-state index >= 15 is 0 Å². The number of hydrogen-bond acceptors (Lipinski definition) is 1. The molecular weight excluding hydrogens is 182 g/mol. The zero-order chi connectivity index (χ0) is 11.2. The highest BCUT2D eigenvalue weighted by molar-refractivity contribution is 5.01. The molecule has 0 aliphatic rings. The fourth-order valence-electron chi connectivity index (χ4n) is 1.39. The number of hydrogen-bond donors (Lipinski definition) is 0. The molecule has 1 heteroatoms. The van der Waals surface area contributed by atoms with E-state index in [2.05, 4.69) is 19.1 Å². The van der Waals surface area contributed by atoms with Crippen LogP contribution in [-0.2, 0) is 0 Å². The van der Waals surface area contributed by atoms with Gasteiger partial charge in [0.05, 0.1) is 6.07 Å². The first-order valence-electron chi connectivity index (χ1n) is 6.11. The highest BCUT2D eigenvalue weighted by Gasteiger charge is 1.85. The zero-order valence-electron chi connectivity index (χ0n) is 9.91. The number of rotatable bonds is 9. The molecule has 0 radical (unpaired) electrons. The zero-order valence-corrected chi connectivity index (χ0v) is 9.91. The maximum Gasteiger partial charge on any atom is 0.0908 e. The summed E-state index contributed by atoms with van der Waals surface area (Å²) in [5.41, 5.74) is 0. The lowest BCUT2D eigenvalue weighted by Gasteiger charge is -1.94. The van der Waals surface area contributed by atoms with Gasteiger partial charge in [0.2, 0.25) is 0 Å². The Balaban J connectivity index is 3.08. The summed E-state index contributed by atoms with van der Waals surface area (Å²) in [6, 6.07) is 2.01. The van der Waals surface area contributed by atoms with Gasteiger partial charge in [-0.25, -0.2) is 0 Å². The Kier molecular flexibility index (Phi) is 12.1. The molecule has 15 heavy (non-hydrogen) atoms. The van der Waals surface area contributed by atoms with Crippen molar-refractivity contribution in [3.05, 3.63) is 24.3 Å². The Labute approximate surface area is 94.5 Å². The molecule has 0 saturated heterocycles. The van der Waals surface area contributed by atoms with Crippen molar-refractivity contribution in [2.45, 2.75) is 58.3 Å². The highest BCUT2D eigenvalue weighted by Crippen LogP contribution is 2.05. The molecular formula is C14H23N. The van der Waals surface area contributed by atoms with Crippen molar-refractivity contribution in [2.75, 3.05) is 0 Å². The third kappa shape index (κ3) is 13.0. The van der Waals surface area contributed by atoms with E-state index in [0.29, 0.717) is 0 Å². The van der Waals surface area contributed by atoms with Crippen LogP contribution in [0, 0.1) is 11.3 Å². The van der Waals surface area contributed by atoms with Crippen LogP contribution in [0.4, 0.5) is 0 Å². The summed E-state index contributed by atoms with van der Waals surface area (Å²) in [5, 5.41) is 8.26. The van der Waals surface area contributed by atoms with Crippen molar-refractivity contribution in [3.63, 3.8) is 0 Å². The fourth-order valence-corrected chi connectivity index (χ4v) is 1.39. The van der Waals surface area contributed by atoms with Gasteiger partial charge in [-0.05, 0) is 32.1 Å². The number of nitrogens with zero attached hydrogens (tertiary/aromatic N) is 1. The Morgan fingerprint density at radius 2 is 1.47 bits per heavy atom. The molecule has 0 saturated carbocycles. The van der Waals surface area contributed by atoms with E-state index in [1.54, 1.807) is 6.08 Å².